The Morgan fingerprint density at radius 1 is 1.10 bits per heavy atom. The Balaban J connectivity index is 1.43. The zero-order chi connectivity index (χ0) is 20.9. The highest BCUT2D eigenvalue weighted by molar-refractivity contribution is 5.73. The van der Waals surface area contributed by atoms with E-state index in [1.54, 1.807) is 12.1 Å². The lowest BCUT2D eigenvalue weighted by Gasteiger charge is -2.29. The van der Waals surface area contributed by atoms with Crippen LogP contribution in [-0.4, -0.2) is 42.4 Å². The number of halogens is 3. The molecule has 3 atom stereocenters. The van der Waals surface area contributed by atoms with Crippen LogP contribution in [0.3, 0.4) is 0 Å². The standard InChI is InChI=1S/C21H26F3N3O3/c22-21(23,24)29-18-4-2-1-3-16(18)19-17(20(12-5-6-12)30-27(19)25)11-28-15-9-13-7-8-14(10-15)26-13/h1-4,12-15,20,26H,5-11,25H2. The highest BCUT2D eigenvalue weighted by atomic mass is 19.4. The number of para-hydroxylation sites is 1. The monoisotopic (exact) mass is 425 g/mol. The number of hydroxylamine groups is 1. The molecular formula is C21H26F3N3O3. The molecule has 3 heterocycles. The molecule has 1 saturated carbocycles. The minimum Gasteiger partial charge on any atom is -0.405 e. The van der Waals surface area contributed by atoms with E-state index in [1.165, 1.54) is 25.0 Å². The van der Waals surface area contributed by atoms with Crippen LogP contribution in [0.1, 0.15) is 44.1 Å². The number of nitrogens with zero attached hydrogens (tertiary/aromatic N) is 1. The lowest BCUT2D eigenvalue weighted by molar-refractivity contribution is -0.274. The van der Waals surface area contributed by atoms with E-state index >= 15 is 0 Å². The van der Waals surface area contributed by atoms with Crippen LogP contribution in [-0.2, 0) is 9.57 Å². The Hall–Kier alpha value is -1.81. The van der Waals surface area contributed by atoms with Gasteiger partial charge in [-0.3, -0.25) is 0 Å². The second kappa shape index (κ2) is 7.71. The first kappa shape index (κ1) is 20.1. The molecule has 164 valence electrons. The predicted octanol–water partition coefficient (Wildman–Crippen LogP) is 3.50. The molecule has 9 heteroatoms. The van der Waals surface area contributed by atoms with Gasteiger partial charge in [0.2, 0.25) is 0 Å². The summed E-state index contributed by atoms with van der Waals surface area (Å²) < 4.78 is 49.4. The highest BCUT2D eigenvalue weighted by Gasteiger charge is 2.44. The number of nitrogens with two attached hydrogens (primary N) is 1. The summed E-state index contributed by atoms with van der Waals surface area (Å²) in [5.41, 5.74) is 1.46. The van der Waals surface area contributed by atoms with Crippen molar-refractivity contribution < 1.29 is 27.5 Å². The third-order valence-electron chi connectivity index (χ3n) is 6.42. The number of benzene rings is 1. The summed E-state index contributed by atoms with van der Waals surface area (Å²) >= 11 is 0. The zero-order valence-corrected chi connectivity index (χ0v) is 16.5. The summed E-state index contributed by atoms with van der Waals surface area (Å²) in [7, 11) is 0. The number of alkyl halides is 3. The maximum Gasteiger partial charge on any atom is 0.573 e. The smallest absolute Gasteiger partial charge is 0.405 e. The average Bonchev–Trinajstić information content (AvgIpc) is 3.40. The Morgan fingerprint density at radius 3 is 2.47 bits per heavy atom. The van der Waals surface area contributed by atoms with Crippen LogP contribution >= 0.6 is 0 Å². The quantitative estimate of drug-likeness (QED) is 0.680. The van der Waals surface area contributed by atoms with Gasteiger partial charge in [0.05, 0.1) is 18.4 Å². The second-order valence-corrected chi connectivity index (χ2v) is 8.65. The minimum atomic E-state index is -4.80. The summed E-state index contributed by atoms with van der Waals surface area (Å²) in [6.07, 6.45) is 1.32. The molecule has 3 aliphatic heterocycles. The van der Waals surface area contributed by atoms with Gasteiger partial charge in [-0.05, 0) is 56.6 Å². The number of piperidine rings is 1. The maximum absolute atomic E-state index is 12.9. The van der Waals surface area contributed by atoms with Gasteiger partial charge < -0.3 is 14.8 Å². The van der Waals surface area contributed by atoms with E-state index in [0.717, 1.165) is 36.4 Å². The zero-order valence-electron chi connectivity index (χ0n) is 16.5. The number of rotatable bonds is 6. The fourth-order valence-electron chi connectivity index (χ4n) is 4.95. The Kier molecular flexibility index (Phi) is 5.17. The normalized spacial score (nSPS) is 31.5. The SMILES string of the molecule is NN1OC(C2CC2)C(COC2CC3CCC(C2)N3)=C1c1ccccc1OC(F)(F)F. The van der Waals surface area contributed by atoms with Crippen LogP contribution in [0.2, 0.25) is 0 Å². The molecule has 6 nitrogen and oxygen atoms in total. The first-order valence-electron chi connectivity index (χ1n) is 10.5. The molecule has 30 heavy (non-hydrogen) atoms. The van der Waals surface area contributed by atoms with Gasteiger partial charge in [-0.2, -0.15) is 5.17 Å². The molecular weight excluding hydrogens is 399 g/mol. The molecule has 0 radical (unpaired) electrons. The molecule has 1 aromatic rings. The fraction of sp³-hybridized carbons (Fsp3) is 0.619. The largest absolute Gasteiger partial charge is 0.573 e. The molecule has 3 fully saturated rings. The number of fused-ring (bicyclic) bond motifs is 2. The molecule has 4 aliphatic rings. The van der Waals surface area contributed by atoms with Gasteiger partial charge in [-0.25, -0.2) is 10.7 Å². The highest BCUT2D eigenvalue weighted by Crippen LogP contribution is 2.46. The van der Waals surface area contributed by atoms with Crippen molar-refractivity contribution >= 4 is 5.70 Å². The molecule has 0 aromatic heterocycles. The molecule has 0 spiro atoms. The maximum atomic E-state index is 12.9. The molecule has 2 saturated heterocycles. The third kappa shape index (κ3) is 4.16. The Labute approximate surface area is 173 Å². The van der Waals surface area contributed by atoms with E-state index in [-0.39, 0.29) is 30.1 Å². The predicted molar refractivity (Wildman–Crippen MR) is 103 cm³/mol. The van der Waals surface area contributed by atoms with Gasteiger partial charge in [-0.15, -0.1) is 13.2 Å². The summed E-state index contributed by atoms with van der Waals surface area (Å²) in [5.74, 6) is 6.12. The van der Waals surface area contributed by atoms with Crippen LogP contribution < -0.4 is 15.9 Å². The van der Waals surface area contributed by atoms with Crippen LogP contribution in [0.5, 0.6) is 5.75 Å². The van der Waals surface area contributed by atoms with Crippen molar-refractivity contribution in [3.8, 4) is 5.75 Å². The van der Waals surface area contributed by atoms with Crippen LogP contribution in [0.15, 0.2) is 29.8 Å². The van der Waals surface area contributed by atoms with Crippen molar-refractivity contribution in [1.82, 2.24) is 10.5 Å². The number of hydrogen-bond acceptors (Lipinski definition) is 6. The van der Waals surface area contributed by atoms with Gasteiger partial charge in [-0.1, -0.05) is 12.1 Å². The van der Waals surface area contributed by atoms with Crippen molar-refractivity contribution in [2.24, 2.45) is 11.8 Å². The second-order valence-electron chi connectivity index (χ2n) is 8.65. The summed E-state index contributed by atoms with van der Waals surface area (Å²) in [6, 6.07) is 7.01. The lowest BCUT2D eigenvalue weighted by atomic mass is 9.99. The topological polar surface area (TPSA) is 69.0 Å². The number of hydrogen-bond donors (Lipinski definition) is 2. The molecule has 5 rings (SSSR count). The molecule has 1 aliphatic carbocycles. The average molecular weight is 425 g/mol. The first-order valence-corrected chi connectivity index (χ1v) is 10.5. The van der Waals surface area contributed by atoms with E-state index in [2.05, 4.69) is 10.1 Å². The summed E-state index contributed by atoms with van der Waals surface area (Å²) in [6.45, 7) is 0.286. The lowest BCUT2D eigenvalue weighted by Crippen LogP contribution is -2.41. The van der Waals surface area contributed by atoms with Crippen molar-refractivity contribution in [3.05, 3.63) is 35.4 Å². The van der Waals surface area contributed by atoms with E-state index in [4.69, 9.17) is 15.4 Å². The molecule has 2 bridgehead atoms. The van der Waals surface area contributed by atoms with E-state index < -0.39 is 6.36 Å². The van der Waals surface area contributed by atoms with Gasteiger partial charge in [0, 0.05) is 23.2 Å². The fourth-order valence-corrected chi connectivity index (χ4v) is 4.95. The Bertz CT molecular complexity index is 815. The van der Waals surface area contributed by atoms with E-state index in [9.17, 15) is 13.2 Å². The minimum absolute atomic E-state index is 0.130. The van der Waals surface area contributed by atoms with Crippen molar-refractivity contribution in [2.75, 3.05) is 6.61 Å². The number of ether oxygens (including phenoxy) is 2. The van der Waals surface area contributed by atoms with Crippen LogP contribution in [0.4, 0.5) is 13.2 Å². The van der Waals surface area contributed by atoms with Gasteiger partial charge >= 0.3 is 6.36 Å². The molecule has 3 unspecified atom stereocenters. The van der Waals surface area contributed by atoms with Crippen molar-refractivity contribution in [3.63, 3.8) is 0 Å². The first-order chi connectivity index (χ1) is 14.4. The van der Waals surface area contributed by atoms with Gasteiger partial charge in [0.25, 0.3) is 0 Å². The van der Waals surface area contributed by atoms with Gasteiger partial charge in [0.15, 0.2) is 0 Å². The van der Waals surface area contributed by atoms with Crippen molar-refractivity contribution in [1.29, 1.82) is 0 Å². The van der Waals surface area contributed by atoms with E-state index in [0.29, 0.717) is 23.7 Å². The Morgan fingerprint density at radius 2 is 1.80 bits per heavy atom. The summed E-state index contributed by atoms with van der Waals surface area (Å²) in [4.78, 5) is 5.85. The van der Waals surface area contributed by atoms with Crippen molar-refractivity contribution in [2.45, 2.75) is 69.2 Å². The summed E-state index contributed by atoms with van der Waals surface area (Å²) in [5, 5.41) is 4.68. The number of nitrogens with one attached hydrogen (secondary N) is 1. The van der Waals surface area contributed by atoms with E-state index in [1.807, 2.05) is 0 Å². The van der Waals surface area contributed by atoms with Crippen LogP contribution in [0, 0.1) is 5.92 Å². The molecule has 0 amide bonds. The van der Waals surface area contributed by atoms with Crippen LogP contribution in [0.25, 0.3) is 5.70 Å². The number of hydrazine groups is 1. The van der Waals surface area contributed by atoms with Gasteiger partial charge in [0.1, 0.15) is 11.9 Å². The molecule has 3 N–H and O–H groups in total. The third-order valence-corrected chi connectivity index (χ3v) is 6.42. The molecule has 1 aromatic carbocycles.